The number of hydrogen-bond acceptors (Lipinski definition) is 2. The highest BCUT2D eigenvalue weighted by Gasteiger charge is 2.04. The molecule has 3 heteroatoms. The second-order valence-corrected chi connectivity index (χ2v) is 4.49. The second-order valence-electron chi connectivity index (χ2n) is 3.00. The van der Waals surface area contributed by atoms with Crippen molar-refractivity contribution in [3.8, 4) is 5.75 Å². The fourth-order valence-electron chi connectivity index (χ4n) is 1.19. The van der Waals surface area contributed by atoms with Crippen LogP contribution in [0, 0.1) is 0 Å². The van der Waals surface area contributed by atoms with Crippen LogP contribution in [-0.4, -0.2) is 5.11 Å². The lowest BCUT2D eigenvalue weighted by Crippen LogP contribution is -1.76. The van der Waals surface area contributed by atoms with Gasteiger partial charge >= 0.3 is 0 Å². The Kier molecular flexibility index (Phi) is 3.19. The van der Waals surface area contributed by atoms with Gasteiger partial charge in [-0.3, -0.25) is 0 Å². The summed E-state index contributed by atoms with van der Waals surface area (Å²) < 4.78 is 0. The third kappa shape index (κ3) is 2.46. The van der Waals surface area contributed by atoms with E-state index in [0.29, 0.717) is 5.02 Å². The maximum atomic E-state index is 9.60. The highest BCUT2D eigenvalue weighted by Crippen LogP contribution is 2.37. The van der Waals surface area contributed by atoms with Crippen LogP contribution in [0.4, 0.5) is 0 Å². The molecule has 0 radical (unpaired) electrons. The van der Waals surface area contributed by atoms with E-state index in [1.165, 1.54) is 11.8 Å². The number of phenolic OH excluding ortho intramolecular Hbond substituents is 1. The first kappa shape index (κ1) is 10.4. The molecule has 0 spiro atoms. The van der Waals surface area contributed by atoms with E-state index in [4.69, 9.17) is 11.6 Å². The predicted octanol–water partition coefficient (Wildman–Crippen LogP) is 4.20. The Hall–Kier alpha value is -1.12. The van der Waals surface area contributed by atoms with Gasteiger partial charge < -0.3 is 5.11 Å². The second kappa shape index (κ2) is 4.60. The van der Waals surface area contributed by atoms with Crippen LogP contribution in [0.25, 0.3) is 0 Å². The number of benzene rings is 2. The Bertz CT molecular complexity index is 427. The Morgan fingerprint density at radius 3 is 2.13 bits per heavy atom. The molecule has 1 N–H and O–H groups in total. The van der Waals surface area contributed by atoms with E-state index in [-0.39, 0.29) is 5.75 Å². The van der Waals surface area contributed by atoms with Crippen LogP contribution in [0.15, 0.2) is 58.3 Å². The molecule has 2 rings (SSSR count). The fraction of sp³-hybridized carbons (Fsp3) is 0. The molecule has 0 saturated carbocycles. The van der Waals surface area contributed by atoms with E-state index >= 15 is 0 Å². The van der Waals surface area contributed by atoms with Gasteiger partial charge in [-0.15, -0.1) is 0 Å². The topological polar surface area (TPSA) is 20.2 Å². The molecule has 0 aliphatic heterocycles. The van der Waals surface area contributed by atoms with Crippen LogP contribution in [0.5, 0.6) is 5.75 Å². The largest absolute Gasteiger partial charge is 0.507 e. The van der Waals surface area contributed by atoms with Crippen molar-refractivity contribution in [1.29, 1.82) is 0 Å². The molecule has 0 atom stereocenters. The SMILES string of the molecule is Oc1ccccc1Sc1ccccc1Cl. The van der Waals surface area contributed by atoms with E-state index in [2.05, 4.69) is 0 Å². The minimum Gasteiger partial charge on any atom is -0.507 e. The molecule has 0 aliphatic rings. The summed E-state index contributed by atoms with van der Waals surface area (Å²) in [5.74, 6) is 0.280. The molecule has 0 aromatic heterocycles. The lowest BCUT2D eigenvalue weighted by Gasteiger charge is -2.05. The zero-order chi connectivity index (χ0) is 10.7. The number of phenols is 1. The highest BCUT2D eigenvalue weighted by molar-refractivity contribution is 7.99. The molecule has 0 saturated heterocycles. The molecule has 76 valence electrons. The van der Waals surface area contributed by atoms with Crippen molar-refractivity contribution in [1.82, 2.24) is 0 Å². The average molecular weight is 237 g/mol. The van der Waals surface area contributed by atoms with Crippen molar-refractivity contribution < 1.29 is 5.11 Å². The van der Waals surface area contributed by atoms with Crippen LogP contribution in [0.1, 0.15) is 0 Å². The molecule has 0 unspecified atom stereocenters. The Morgan fingerprint density at radius 2 is 1.47 bits per heavy atom. The summed E-state index contributed by atoms with van der Waals surface area (Å²) >= 11 is 7.48. The molecule has 0 aliphatic carbocycles. The van der Waals surface area contributed by atoms with E-state index in [1.807, 2.05) is 36.4 Å². The monoisotopic (exact) mass is 236 g/mol. The van der Waals surface area contributed by atoms with Gasteiger partial charge in [0.05, 0.1) is 9.92 Å². The van der Waals surface area contributed by atoms with Crippen LogP contribution in [0.3, 0.4) is 0 Å². The van der Waals surface area contributed by atoms with Crippen LogP contribution in [0.2, 0.25) is 5.02 Å². The zero-order valence-electron chi connectivity index (χ0n) is 7.85. The van der Waals surface area contributed by atoms with Crippen molar-refractivity contribution in [2.24, 2.45) is 0 Å². The molecule has 15 heavy (non-hydrogen) atoms. The molecule has 0 bridgehead atoms. The van der Waals surface area contributed by atoms with Crippen LogP contribution >= 0.6 is 23.4 Å². The van der Waals surface area contributed by atoms with Crippen molar-refractivity contribution in [3.63, 3.8) is 0 Å². The smallest absolute Gasteiger partial charge is 0.129 e. The van der Waals surface area contributed by atoms with Gasteiger partial charge in [0, 0.05) is 4.90 Å². The number of para-hydroxylation sites is 1. The van der Waals surface area contributed by atoms with Crippen LogP contribution < -0.4 is 0 Å². The molecule has 0 heterocycles. The van der Waals surface area contributed by atoms with Crippen molar-refractivity contribution >= 4 is 23.4 Å². The Morgan fingerprint density at radius 1 is 0.867 bits per heavy atom. The first-order chi connectivity index (χ1) is 7.27. The highest BCUT2D eigenvalue weighted by atomic mass is 35.5. The number of hydrogen-bond donors (Lipinski definition) is 1. The maximum Gasteiger partial charge on any atom is 0.129 e. The van der Waals surface area contributed by atoms with Gasteiger partial charge in [0.25, 0.3) is 0 Å². The molecular weight excluding hydrogens is 228 g/mol. The summed E-state index contributed by atoms with van der Waals surface area (Å²) in [5.41, 5.74) is 0. The van der Waals surface area contributed by atoms with Gasteiger partial charge in [-0.1, -0.05) is 47.6 Å². The molecule has 2 aromatic rings. The maximum absolute atomic E-state index is 9.60. The minimum atomic E-state index is 0.280. The Balaban J connectivity index is 2.30. The summed E-state index contributed by atoms with van der Waals surface area (Å²) in [6.45, 7) is 0. The van der Waals surface area contributed by atoms with Crippen molar-refractivity contribution in [2.45, 2.75) is 9.79 Å². The van der Waals surface area contributed by atoms with Gasteiger partial charge in [0.15, 0.2) is 0 Å². The third-order valence-corrected chi connectivity index (χ3v) is 3.50. The normalized spacial score (nSPS) is 10.2. The minimum absolute atomic E-state index is 0.280. The summed E-state index contributed by atoms with van der Waals surface area (Å²) in [6, 6.07) is 14.8. The number of halogens is 1. The van der Waals surface area contributed by atoms with E-state index < -0.39 is 0 Å². The standard InChI is InChI=1S/C12H9ClOS/c13-9-5-1-3-7-11(9)15-12-8-4-2-6-10(12)14/h1-8,14H. The molecular formula is C12H9ClOS. The summed E-state index contributed by atoms with van der Waals surface area (Å²) in [5, 5.41) is 10.3. The molecule has 0 amide bonds. The first-order valence-corrected chi connectivity index (χ1v) is 5.67. The van der Waals surface area contributed by atoms with E-state index in [9.17, 15) is 5.11 Å². The lowest BCUT2D eigenvalue weighted by atomic mass is 10.3. The van der Waals surface area contributed by atoms with E-state index in [0.717, 1.165) is 9.79 Å². The molecule has 1 nitrogen and oxygen atoms in total. The van der Waals surface area contributed by atoms with Gasteiger partial charge in [0.2, 0.25) is 0 Å². The zero-order valence-corrected chi connectivity index (χ0v) is 9.42. The van der Waals surface area contributed by atoms with Gasteiger partial charge in [0.1, 0.15) is 5.75 Å². The lowest BCUT2D eigenvalue weighted by molar-refractivity contribution is 0.462. The average Bonchev–Trinajstić information content (AvgIpc) is 2.24. The summed E-state index contributed by atoms with van der Waals surface area (Å²) in [6.07, 6.45) is 0. The van der Waals surface area contributed by atoms with E-state index in [1.54, 1.807) is 12.1 Å². The molecule has 2 aromatic carbocycles. The predicted molar refractivity (Wildman–Crippen MR) is 63.7 cm³/mol. The summed E-state index contributed by atoms with van der Waals surface area (Å²) in [4.78, 5) is 1.76. The molecule has 0 fully saturated rings. The number of aromatic hydroxyl groups is 1. The first-order valence-electron chi connectivity index (χ1n) is 4.48. The number of rotatable bonds is 2. The van der Waals surface area contributed by atoms with Gasteiger partial charge in [-0.05, 0) is 24.3 Å². The van der Waals surface area contributed by atoms with Gasteiger partial charge in [-0.25, -0.2) is 0 Å². The van der Waals surface area contributed by atoms with Crippen molar-refractivity contribution in [3.05, 3.63) is 53.6 Å². The summed E-state index contributed by atoms with van der Waals surface area (Å²) in [7, 11) is 0. The Labute approximate surface area is 97.7 Å². The quantitative estimate of drug-likeness (QED) is 0.844. The van der Waals surface area contributed by atoms with Gasteiger partial charge in [-0.2, -0.15) is 0 Å². The fourth-order valence-corrected chi connectivity index (χ4v) is 2.31. The van der Waals surface area contributed by atoms with Crippen LogP contribution in [-0.2, 0) is 0 Å². The van der Waals surface area contributed by atoms with Crippen molar-refractivity contribution in [2.75, 3.05) is 0 Å². The third-order valence-electron chi connectivity index (χ3n) is 1.92.